The summed E-state index contributed by atoms with van der Waals surface area (Å²) in [4.78, 5) is 0. The lowest BCUT2D eigenvalue weighted by Gasteiger charge is -2.30. The molecule has 1 aliphatic carbocycles. The van der Waals surface area contributed by atoms with E-state index in [-0.39, 0.29) is 11.0 Å². The number of nitrogens with one attached hydrogen (secondary N) is 1. The maximum atomic E-state index is 3.73. The van der Waals surface area contributed by atoms with Crippen LogP contribution in [0.3, 0.4) is 0 Å². The van der Waals surface area contributed by atoms with Crippen LogP contribution < -0.4 is 5.32 Å². The molecule has 0 bridgehead atoms. The van der Waals surface area contributed by atoms with Gasteiger partial charge in [-0.2, -0.15) is 0 Å². The van der Waals surface area contributed by atoms with E-state index in [2.05, 4.69) is 93.7 Å². The fraction of sp³-hybridized carbons (Fsp3) is 0.360. The van der Waals surface area contributed by atoms with Crippen molar-refractivity contribution in [3.05, 3.63) is 82.9 Å². The highest BCUT2D eigenvalue weighted by Gasteiger charge is 2.36. The summed E-state index contributed by atoms with van der Waals surface area (Å²) in [5.74, 6) is 0. The minimum Gasteiger partial charge on any atom is -0.308 e. The largest absolute Gasteiger partial charge is 0.308 e. The summed E-state index contributed by atoms with van der Waals surface area (Å²) < 4.78 is 0. The summed E-state index contributed by atoms with van der Waals surface area (Å²) in [7, 11) is 0. The Labute approximate surface area is 157 Å². The van der Waals surface area contributed by atoms with E-state index in [1.54, 1.807) is 0 Å². The topological polar surface area (TPSA) is 12.0 Å². The van der Waals surface area contributed by atoms with Gasteiger partial charge in [-0.1, -0.05) is 67.6 Å². The molecule has 0 fully saturated rings. The summed E-state index contributed by atoms with van der Waals surface area (Å²) in [6.07, 6.45) is 2.26. The van der Waals surface area contributed by atoms with Crippen molar-refractivity contribution >= 4 is 10.8 Å². The molecule has 1 N–H and O–H groups in total. The first-order valence-corrected chi connectivity index (χ1v) is 9.69. The van der Waals surface area contributed by atoms with Crippen LogP contribution in [0.2, 0.25) is 0 Å². The van der Waals surface area contributed by atoms with E-state index in [1.165, 1.54) is 33.0 Å². The van der Waals surface area contributed by atoms with Crippen LogP contribution in [-0.2, 0) is 24.8 Å². The summed E-state index contributed by atoms with van der Waals surface area (Å²) in [5.41, 5.74) is 6.27. The molecule has 0 aromatic heterocycles. The lowest BCUT2D eigenvalue weighted by Crippen LogP contribution is -2.36. The highest BCUT2D eigenvalue weighted by Crippen LogP contribution is 2.42. The molecule has 0 aliphatic heterocycles. The molecule has 0 heterocycles. The van der Waals surface area contributed by atoms with Gasteiger partial charge in [0.05, 0.1) is 0 Å². The lowest BCUT2D eigenvalue weighted by atomic mass is 9.76. The van der Waals surface area contributed by atoms with Crippen molar-refractivity contribution in [2.75, 3.05) is 0 Å². The van der Waals surface area contributed by atoms with Gasteiger partial charge >= 0.3 is 0 Å². The summed E-state index contributed by atoms with van der Waals surface area (Å²) in [6.45, 7) is 10.1. The van der Waals surface area contributed by atoms with Crippen LogP contribution in [0.15, 0.2) is 60.7 Å². The van der Waals surface area contributed by atoms with Crippen LogP contribution in [0.25, 0.3) is 10.8 Å². The number of benzene rings is 3. The zero-order valence-electron chi connectivity index (χ0n) is 16.4. The monoisotopic (exact) mass is 343 g/mol. The molecule has 0 saturated carbocycles. The molecule has 4 rings (SSSR count). The summed E-state index contributed by atoms with van der Waals surface area (Å²) >= 11 is 0. The van der Waals surface area contributed by atoms with Crippen LogP contribution in [0.1, 0.15) is 49.9 Å². The van der Waals surface area contributed by atoms with Gasteiger partial charge in [0, 0.05) is 17.5 Å². The minimum atomic E-state index is 0.105. The molecular formula is C25H29N. The van der Waals surface area contributed by atoms with Crippen molar-refractivity contribution in [2.45, 2.75) is 58.0 Å². The molecule has 1 nitrogen and oxygen atoms in total. The predicted octanol–water partition coefficient (Wildman–Crippen LogP) is 5.78. The minimum absolute atomic E-state index is 0.105. The third kappa shape index (κ3) is 3.17. The molecule has 0 radical (unpaired) electrons. The molecule has 0 saturated heterocycles. The maximum absolute atomic E-state index is 3.73. The standard InChI is InChI=1S/C25H29N/c1-24(2,3)26-17-22-21-12-8-7-9-18(21)13-14-23(22)25(4)15-19-10-5-6-11-20(19)16-25/h5-14,26H,15-17H2,1-4H3. The molecule has 0 unspecified atom stereocenters. The van der Waals surface area contributed by atoms with E-state index in [4.69, 9.17) is 0 Å². The Hall–Kier alpha value is -2.12. The highest BCUT2D eigenvalue weighted by atomic mass is 14.9. The van der Waals surface area contributed by atoms with Crippen LogP contribution >= 0.6 is 0 Å². The second kappa shape index (κ2) is 6.25. The van der Waals surface area contributed by atoms with Gasteiger partial charge < -0.3 is 5.32 Å². The first-order valence-electron chi connectivity index (χ1n) is 9.69. The van der Waals surface area contributed by atoms with Gasteiger partial charge in [0.25, 0.3) is 0 Å². The molecule has 0 atom stereocenters. The summed E-state index contributed by atoms with van der Waals surface area (Å²) in [5, 5.41) is 6.45. The van der Waals surface area contributed by atoms with Crippen molar-refractivity contribution in [3.8, 4) is 0 Å². The van der Waals surface area contributed by atoms with Gasteiger partial charge in [0.1, 0.15) is 0 Å². The Bertz CT molecular complexity index is 921. The molecule has 0 spiro atoms. The number of hydrogen-bond acceptors (Lipinski definition) is 1. The SMILES string of the molecule is CC(C)(C)NCc1c(C2(C)Cc3ccccc3C2)ccc2ccccc12. The van der Waals surface area contributed by atoms with Gasteiger partial charge in [-0.25, -0.2) is 0 Å². The Balaban J connectivity index is 1.82. The van der Waals surface area contributed by atoms with Crippen LogP contribution in [0, 0.1) is 0 Å². The smallest absolute Gasteiger partial charge is 0.0219 e. The molecule has 1 aliphatic rings. The number of rotatable bonds is 3. The van der Waals surface area contributed by atoms with Crippen LogP contribution in [0.5, 0.6) is 0 Å². The fourth-order valence-corrected chi connectivity index (χ4v) is 4.44. The Morgan fingerprint density at radius 3 is 2.12 bits per heavy atom. The quantitative estimate of drug-likeness (QED) is 0.635. The maximum Gasteiger partial charge on any atom is 0.0219 e. The molecule has 0 amide bonds. The Morgan fingerprint density at radius 1 is 0.846 bits per heavy atom. The van der Waals surface area contributed by atoms with Crippen LogP contribution in [0.4, 0.5) is 0 Å². The average Bonchev–Trinajstić information content (AvgIpc) is 2.96. The molecule has 3 aromatic rings. The third-order valence-corrected chi connectivity index (χ3v) is 5.77. The number of hydrogen-bond donors (Lipinski definition) is 1. The van der Waals surface area contributed by atoms with Gasteiger partial charge in [0.15, 0.2) is 0 Å². The van der Waals surface area contributed by atoms with E-state index in [0.29, 0.717) is 0 Å². The van der Waals surface area contributed by atoms with Crippen molar-refractivity contribution in [3.63, 3.8) is 0 Å². The van der Waals surface area contributed by atoms with Crippen molar-refractivity contribution < 1.29 is 0 Å². The lowest BCUT2D eigenvalue weighted by molar-refractivity contribution is 0.419. The molecule has 1 heteroatoms. The molecule has 26 heavy (non-hydrogen) atoms. The Kier molecular flexibility index (Phi) is 4.16. The van der Waals surface area contributed by atoms with Crippen molar-refractivity contribution in [1.29, 1.82) is 0 Å². The van der Waals surface area contributed by atoms with Crippen molar-refractivity contribution in [2.24, 2.45) is 0 Å². The van der Waals surface area contributed by atoms with E-state index in [9.17, 15) is 0 Å². The average molecular weight is 344 g/mol. The normalized spacial score (nSPS) is 16.0. The first-order chi connectivity index (χ1) is 12.4. The highest BCUT2D eigenvalue weighted by molar-refractivity contribution is 5.87. The number of fused-ring (bicyclic) bond motifs is 2. The Morgan fingerprint density at radius 2 is 1.46 bits per heavy atom. The first kappa shape index (κ1) is 17.3. The van der Waals surface area contributed by atoms with Crippen LogP contribution in [-0.4, -0.2) is 5.54 Å². The molecule has 3 aromatic carbocycles. The summed E-state index contributed by atoms with van der Waals surface area (Å²) in [6, 6.07) is 22.4. The van der Waals surface area contributed by atoms with Gasteiger partial charge in [0.2, 0.25) is 0 Å². The van der Waals surface area contributed by atoms with Gasteiger partial charge in [-0.05, 0) is 66.6 Å². The fourth-order valence-electron chi connectivity index (χ4n) is 4.44. The van der Waals surface area contributed by atoms with Crippen molar-refractivity contribution in [1.82, 2.24) is 5.32 Å². The van der Waals surface area contributed by atoms with E-state index >= 15 is 0 Å². The second-order valence-corrected chi connectivity index (χ2v) is 9.10. The van der Waals surface area contributed by atoms with Gasteiger partial charge in [-0.3, -0.25) is 0 Å². The third-order valence-electron chi connectivity index (χ3n) is 5.77. The molecule has 134 valence electrons. The second-order valence-electron chi connectivity index (χ2n) is 9.10. The zero-order chi connectivity index (χ0) is 18.4. The predicted molar refractivity (Wildman–Crippen MR) is 112 cm³/mol. The van der Waals surface area contributed by atoms with E-state index < -0.39 is 0 Å². The molecular weight excluding hydrogens is 314 g/mol. The zero-order valence-corrected chi connectivity index (χ0v) is 16.4. The van der Waals surface area contributed by atoms with E-state index in [1.807, 2.05) is 0 Å². The van der Waals surface area contributed by atoms with E-state index in [0.717, 1.165) is 19.4 Å². The van der Waals surface area contributed by atoms with Gasteiger partial charge in [-0.15, -0.1) is 0 Å².